The van der Waals surface area contributed by atoms with Gasteiger partial charge in [-0.2, -0.15) is 9.13 Å². The number of para-hydroxylation sites is 2. The van der Waals surface area contributed by atoms with Crippen LogP contribution in [0.4, 0.5) is 11.4 Å². The molecule has 0 aliphatic heterocycles. The molecule has 0 fully saturated rings. The standard InChI is InChI=1S/C35H50ClN2O2S.C35H51N2O2S.2BrH/c1-4-5-6-7-8-9-10-11-12-13-14-17-24-40-35-21-20-31(25-33(35)36)22-23-38(30(3)39)34-19-16-15-18-32(34)27-37-26-29(2)41-28-37;1-4-5-6-7-8-9-10-11-12-13-14-17-25-39-34-21-18-19-32(26-34)23-24-37(31(3)38)35-22-16-15-20-33(35)28-36-27-30(2)40-29-36;;/h15-16,18-21,25-26,28H,4-14,17,22-24,27H2,1-3H3;15-16,18-22,26-27,29H,4-14,17,23-25,28H2,1-3H3;2*1H/q2*+1;;/p-2. The van der Waals surface area contributed by atoms with E-state index >= 15 is 0 Å². The maximum atomic E-state index is 12.7. The number of nitrogens with zero attached hydrogens (tertiary/aromatic N) is 4. The molecule has 0 saturated carbocycles. The van der Waals surface area contributed by atoms with Gasteiger partial charge in [0.1, 0.15) is 11.5 Å². The van der Waals surface area contributed by atoms with E-state index in [4.69, 9.17) is 21.1 Å². The van der Waals surface area contributed by atoms with Crippen LogP contribution in [-0.4, -0.2) is 38.1 Å². The van der Waals surface area contributed by atoms with E-state index in [0.29, 0.717) is 24.7 Å². The highest BCUT2D eigenvalue weighted by atomic mass is 79.9. The monoisotopic (exact) mass is 1320 g/mol. The lowest BCUT2D eigenvalue weighted by molar-refractivity contribution is -0.683. The van der Waals surface area contributed by atoms with Crippen LogP contribution in [0, 0.1) is 13.8 Å². The van der Waals surface area contributed by atoms with E-state index in [-0.39, 0.29) is 45.8 Å². The number of unbranched alkanes of at least 4 members (excludes halogenated alkanes) is 22. The van der Waals surface area contributed by atoms with Gasteiger partial charge in [0.05, 0.1) is 39.4 Å². The molecule has 6 aromatic rings. The largest absolute Gasteiger partial charge is 1.00 e. The predicted octanol–water partition coefficient (Wildman–Crippen LogP) is 12.8. The Morgan fingerprint density at radius 2 is 0.880 bits per heavy atom. The summed E-state index contributed by atoms with van der Waals surface area (Å²) in [5, 5.41) is 0.639. The fourth-order valence-electron chi connectivity index (χ4n) is 10.5. The Labute approximate surface area is 536 Å². The molecule has 0 aliphatic carbocycles. The van der Waals surface area contributed by atoms with Crippen molar-refractivity contribution in [3.05, 3.63) is 151 Å². The number of anilines is 2. The number of rotatable bonds is 40. The van der Waals surface area contributed by atoms with Gasteiger partial charge in [-0.3, -0.25) is 9.59 Å². The van der Waals surface area contributed by atoms with E-state index in [1.807, 2.05) is 58.3 Å². The normalized spacial score (nSPS) is 10.8. The van der Waals surface area contributed by atoms with E-state index in [1.54, 1.807) is 36.5 Å². The molecule has 4 aromatic carbocycles. The van der Waals surface area contributed by atoms with Crippen LogP contribution in [0.3, 0.4) is 0 Å². The number of hydrogen-bond acceptors (Lipinski definition) is 6. The molecular formula is C70H101Br2ClN4O4S2. The molecule has 458 valence electrons. The molecule has 83 heavy (non-hydrogen) atoms. The molecule has 0 spiro atoms. The number of aromatic nitrogens is 2. The zero-order valence-corrected chi connectivity index (χ0v) is 57.0. The van der Waals surface area contributed by atoms with Crippen molar-refractivity contribution in [2.45, 2.75) is 222 Å². The summed E-state index contributed by atoms with van der Waals surface area (Å²) in [6, 6.07) is 30.8. The third kappa shape index (κ3) is 29.7. The molecule has 0 N–H and O–H groups in total. The van der Waals surface area contributed by atoms with Crippen LogP contribution in [0.1, 0.15) is 214 Å². The number of thiazole rings is 2. The van der Waals surface area contributed by atoms with Crippen molar-refractivity contribution in [1.29, 1.82) is 0 Å². The minimum absolute atomic E-state index is 0. The maximum Gasteiger partial charge on any atom is 0.225 e. The number of benzene rings is 4. The SMILES string of the molecule is CCCCCCCCCCCCCCOc1ccc(CCN(C(C)=O)c2ccccc2C[n+]2csc(C)c2)cc1Cl.CCCCCCCCCCCCCCOc1cccc(CCN(C(C)=O)c2ccccc2C[n+]2csc(C)c2)c1.[Br-].[Br-]. The molecule has 2 amide bonds. The van der Waals surface area contributed by atoms with Gasteiger partial charge in [0.25, 0.3) is 0 Å². The van der Waals surface area contributed by atoms with Crippen LogP contribution in [0.5, 0.6) is 11.5 Å². The summed E-state index contributed by atoms with van der Waals surface area (Å²) in [7, 11) is 0. The molecular weight excluding hydrogens is 1220 g/mol. The topological polar surface area (TPSA) is 66.8 Å². The summed E-state index contributed by atoms with van der Waals surface area (Å²) in [5.74, 6) is 1.78. The Kier molecular flexibility index (Phi) is 39.1. The predicted molar refractivity (Wildman–Crippen MR) is 344 cm³/mol. The van der Waals surface area contributed by atoms with Crippen molar-refractivity contribution in [2.75, 3.05) is 36.1 Å². The second kappa shape index (κ2) is 44.4. The molecule has 0 radical (unpaired) electrons. The molecule has 13 heteroatoms. The van der Waals surface area contributed by atoms with Gasteiger partial charge < -0.3 is 53.2 Å². The van der Waals surface area contributed by atoms with Crippen LogP contribution in [-0.2, 0) is 35.5 Å². The zero-order chi connectivity index (χ0) is 57.7. The first-order chi connectivity index (χ1) is 39.5. The van der Waals surface area contributed by atoms with Gasteiger partial charge in [-0.05, 0) is 87.1 Å². The molecule has 2 heterocycles. The first-order valence-corrected chi connectivity index (χ1v) is 33.4. The summed E-state index contributed by atoms with van der Waals surface area (Å²) in [5.41, 5.74) is 10.8. The van der Waals surface area contributed by atoms with Crippen LogP contribution >= 0.6 is 34.3 Å². The number of hydrogen-bond donors (Lipinski definition) is 0. The summed E-state index contributed by atoms with van der Waals surface area (Å²) >= 11 is 10.1. The van der Waals surface area contributed by atoms with Gasteiger partial charge in [-0.25, -0.2) is 0 Å². The number of carbonyl (C=O) groups excluding carboxylic acids is 2. The quantitative estimate of drug-likeness (QED) is 0.0284. The first kappa shape index (κ1) is 73.2. The average Bonchev–Trinajstić information content (AvgIpc) is 4.20. The van der Waals surface area contributed by atoms with Crippen molar-refractivity contribution >= 4 is 57.5 Å². The molecule has 0 bridgehead atoms. The number of ether oxygens (including phenoxy) is 2. The van der Waals surface area contributed by atoms with Gasteiger partial charge in [-0.15, -0.1) is 0 Å². The van der Waals surface area contributed by atoms with Gasteiger partial charge in [0.2, 0.25) is 22.8 Å². The Hall–Kier alpha value is -4.07. The number of carbonyl (C=O) groups is 2. The third-order valence-electron chi connectivity index (χ3n) is 15.1. The molecule has 2 aromatic heterocycles. The fourth-order valence-corrected chi connectivity index (χ4v) is 12.0. The fraction of sp³-hybridized carbons (Fsp3) is 0.543. The van der Waals surface area contributed by atoms with E-state index in [0.717, 1.165) is 84.9 Å². The van der Waals surface area contributed by atoms with Crippen LogP contribution in [0.2, 0.25) is 5.02 Å². The van der Waals surface area contributed by atoms with Gasteiger partial charge in [0, 0.05) is 38.1 Å². The molecule has 8 nitrogen and oxygen atoms in total. The van der Waals surface area contributed by atoms with Crippen molar-refractivity contribution in [1.82, 2.24) is 0 Å². The Bertz CT molecular complexity index is 2680. The number of halogens is 3. The zero-order valence-electron chi connectivity index (χ0n) is 51.5. The summed E-state index contributed by atoms with van der Waals surface area (Å²) in [6.07, 6.45) is 38.0. The van der Waals surface area contributed by atoms with Crippen molar-refractivity contribution in [2.24, 2.45) is 0 Å². The average molecular weight is 1320 g/mol. The second-order valence-electron chi connectivity index (χ2n) is 22.3. The number of aryl methyl sites for hydroxylation is 2. The lowest BCUT2D eigenvalue weighted by atomic mass is 10.1. The molecule has 0 unspecified atom stereocenters. The van der Waals surface area contributed by atoms with Crippen LogP contribution < -0.4 is 62.4 Å². The maximum absolute atomic E-state index is 12.7. The Morgan fingerprint density at radius 1 is 0.482 bits per heavy atom. The van der Waals surface area contributed by atoms with E-state index in [2.05, 4.69) is 103 Å². The smallest absolute Gasteiger partial charge is 0.225 e. The van der Waals surface area contributed by atoms with E-state index < -0.39 is 0 Å². The van der Waals surface area contributed by atoms with E-state index in [9.17, 15) is 9.59 Å². The van der Waals surface area contributed by atoms with Crippen molar-refractivity contribution < 1.29 is 62.2 Å². The summed E-state index contributed by atoms with van der Waals surface area (Å²) in [6.45, 7) is 16.3. The second-order valence-corrected chi connectivity index (χ2v) is 24.8. The molecule has 0 saturated heterocycles. The van der Waals surface area contributed by atoms with Crippen molar-refractivity contribution in [3.8, 4) is 11.5 Å². The third-order valence-corrected chi connectivity index (χ3v) is 17.1. The van der Waals surface area contributed by atoms with Crippen LogP contribution in [0.25, 0.3) is 0 Å². The highest BCUT2D eigenvalue weighted by molar-refractivity contribution is 7.09. The minimum Gasteiger partial charge on any atom is -1.00 e. The molecule has 0 aliphatic rings. The van der Waals surface area contributed by atoms with Gasteiger partial charge >= 0.3 is 0 Å². The minimum atomic E-state index is 0. The molecule has 0 atom stereocenters. The lowest BCUT2D eigenvalue weighted by Gasteiger charge is -2.23. The molecule has 6 rings (SSSR count). The highest BCUT2D eigenvalue weighted by Crippen LogP contribution is 2.28. The van der Waals surface area contributed by atoms with Crippen molar-refractivity contribution in [3.63, 3.8) is 0 Å². The van der Waals surface area contributed by atoms with Gasteiger partial charge in [-0.1, -0.05) is 244 Å². The lowest BCUT2D eigenvalue weighted by Crippen LogP contribution is -3.00. The summed E-state index contributed by atoms with van der Waals surface area (Å²) < 4.78 is 16.4. The Balaban J connectivity index is 0.000000425. The van der Waals surface area contributed by atoms with E-state index in [1.165, 1.54) is 157 Å². The summed E-state index contributed by atoms with van der Waals surface area (Å²) in [4.78, 5) is 31.7. The highest BCUT2D eigenvalue weighted by Gasteiger charge is 2.20. The Morgan fingerprint density at radius 3 is 1.28 bits per heavy atom. The number of amides is 2. The van der Waals surface area contributed by atoms with Crippen LogP contribution in [0.15, 0.2) is 114 Å². The first-order valence-electron chi connectivity index (χ1n) is 31.3. The van der Waals surface area contributed by atoms with Gasteiger partial charge in [0.15, 0.2) is 25.5 Å².